The van der Waals surface area contributed by atoms with Crippen LogP contribution >= 0.6 is 18.7 Å². The van der Waals surface area contributed by atoms with E-state index in [2.05, 4.69) is 36.1 Å². The number of carbonyl (C=O) groups is 4. The van der Waals surface area contributed by atoms with Gasteiger partial charge >= 0.3 is 0 Å². The molecular formula is C38H39ClFN8O6P. The van der Waals surface area contributed by atoms with Crippen molar-refractivity contribution in [1.29, 1.82) is 0 Å². The standard InChI is InChI=1S/C38H39ClFN8O6P/c1-54-29-18-23(9-11-26(29)44-38-42-20-25(39)34(46-38)43-27-6-4-5-7-30(27)55(2,3)53)47-16-14-22(15-17-47)41-19-21-8-10-24-32(33(21)40)37(52)48(36(24)51)28-12-13-31(49)45-35(28)50/h4-11,18,20,22,28,41H,12-17,19H2,1-3H3,(H,45,49,50)(H2,42,43,44,46). The van der Waals surface area contributed by atoms with Crippen molar-refractivity contribution in [3.8, 4) is 5.75 Å². The van der Waals surface area contributed by atoms with Crippen molar-refractivity contribution in [2.45, 2.75) is 44.3 Å². The fourth-order valence-corrected chi connectivity index (χ4v) is 8.38. The van der Waals surface area contributed by atoms with E-state index in [1.807, 2.05) is 42.5 Å². The van der Waals surface area contributed by atoms with Crippen LogP contribution in [0.15, 0.2) is 60.8 Å². The summed E-state index contributed by atoms with van der Waals surface area (Å²) < 4.78 is 34.3. The van der Waals surface area contributed by atoms with Crippen LogP contribution in [-0.4, -0.2) is 84.1 Å². The monoisotopic (exact) mass is 788 g/mol. The third kappa shape index (κ3) is 7.77. The number of imide groups is 2. The minimum Gasteiger partial charge on any atom is -0.494 e. The number of amides is 4. The Kier molecular flexibility index (Phi) is 10.6. The lowest BCUT2D eigenvalue weighted by Crippen LogP contribution is -2.54. The van der Waals surface area contributed by atoms with Gasteiger partial charge in [0.25, 0.3) is 11.8 Å². The summed E-state index contributed by atoms with van der Waals surface area (Å²) in [7, 11) is -1.000. The summed E-state index contributed by atoms with van der Waals surface area (Å²) in [6, 6.07) is 14.9. The summed E-state index contributed by atoms with van der Waals surface area (Å²) >= 11 is 6.44. The van der Waals surface area contributed by atoms with Gasteiger partial charge in [0.2, 0.25) is 17.8 Å². The first-order valence-electron chi connectivity index (χ1n) is 17.7. The van der Waals surface area contributed by atoms with E-state index in [4.69, 9.17) is 16.3 Å². The number of nitrogens with one attached hydrogen (secondary N) is 4. The third-order valence-electron chi connectivity index (χ3n) is 9.98. The molecule has 1 unspecified atom stereocenters. The Morgan fingerprint density at radius 3 is 2.47 bits per heavy atom. The Morgan fingerprint density at radius 1 is 0.982 bits per heavy atom. The summed E-state index contributed by atoms with van der Waals surface area (Å²) in [5, 5.41) is 12.9. The van der Waals surface area contributed by atoms with Crippen LogP contribution in [0, 0.1) is 5.82 Å². The van der Waals surface area contributed by atoms with Gasteiger partial charge in [-0.3, -0.25) is 29.4 Å². The number of hydrogen-bond donors (Lipinski definition) is 4. The van der Waals surface area contributed by atoms with Crippen LogP contribution < -0.4 is 36.2 Å². The lowest BCUT2D eigenvalue weighted by molar-refractivity contribution is -0.136. The van der Waals surface area contributed by atoms with Gasteiger partial charge in [-0.25, -0.2) is 9.37 Å². The molecule has 0 bridgehead atoms. The number of carbonyl (C=O) groups excluding carboxylic acids is 4. The third-order valence-corrected chi connectivity index (χ3v) is 11.8. The van der Waals surface area contributed by atoms with Gasteiger partial charge in [-0.2, -0.15) is 4.98 Å². The van der Waals surface area contributed by atoms with E-state index in [1.54, 1.807) is 20.4 Å². The normalized spacial score (nSPS) is 17.7. The first-order valence-corrected chi connectivity index (χ1v) is 20.7. The number of aromatic nitrogens is 2. The minimum absolute atomic E-state index is 0.00267. The number of nitrogens with zero attached hydrogens (tertiary/aromatic N) is 4. The number of ether oxygens (including phenoxy) is 1. The highest BCUT2D eigenvalue weighted by molar-refractivity contribution is 7.70. The largest absolute Gasteiger partial charge is 0.494 e. The Morgan fingerprint density at radius 2 is 1.75 bits per heavy atom. The number of rotatable bonds is 11. The number of methoxy groups -OCH3 is 1. The molecular weight excluding hydrogens is 750 g/mol. The van der Waals surface area contributed by atoms with Gasteiger partial charge in [0.15, 0.2) is 5.82 Å². The molecule has 0 aliphatic carbocycles. The van der Waals surface area contributed by atoms with Crippen molar-refractivity contribution in [3.63, 3.8) is 0 Å². The fraction of sp³-hybridized carbons (Fsp3) is 0.316. The summed E-state index contributed by atoms with van der Waals surface area (Å²) in [4.78, 5) is 62.1. The van der Waals surface area contributed by atoms with E-state index in [1.165, 1.54) is 18.3 Å². The number of fused-ring (bicyclic) bond motifs is 1. The van der Waals surface area contributed by atoms with Crippen molar-refractivity contribution in [1.82, 2.24) is 25.5 Å². The van der Waals surface area contributed by atoms with Gasteiger partial charge in [0.1, 0.15) is 29.8 Å². The SMILES string of the molecule is COc1cc(N2CCC(NCc3ccc4c(c3F)C(=O)N(C3CCC(=O)NC3=O)C4=O)CC2)ccc1Nc1ncc(Cl)c(Nc2ccccc2P(C)(C)=O)n1. The molecule has 55 heavy (non-hydrogen) atoms. The minimum atomic E-state index is -2.58. The number of para-hydroxylation sites is 1. The molecule has 0 radical (unpaired) electrons. The molecule has 0 saturated carbocycles. The number of piperidine rings is 2. The zero-order chi connectivity index (χ0) is 39.0. The van der Waals surface area contributed by atoms with Gasteiger partial charge in [-0.15, -0.1) is 0 Å². The molecule has 3 aromatic carbocycles. The molecule has 3 aliphatic heterocycles. The molecule has 4 amide bonds. The van der Waals surface area contributed by atoms with E-state index < -0.39 is 42.6 Å². The van der Waals surface area contributed by atoms with Crippen LogP contribution in [0.2, 0.25) is 5.02 Å². The number of benzene rings is 3. The molecule has 1 atom stereocenters. The predicted octanol–water partition coefficient (Wildman–Crippen LogP) is 5.17. The van der Waals surface area contributed by atoms with E-state index in [9.17, 15) is 23.7 Å². The first kappa shape index (κ1) is 37.9. The van der Waals surface area contributed by atoms with Crippen LogP contribution in [0.3, 0.4) is 0 Å². The molecule has 7 rings (SSSR count). The molecule has 14 nitrogen and oxygen atoms in total. The Hall–Kier alpha value is -5.37. The smallest absolute Gasteiger partial charge is 0.265 e. The number of hydrogen-bond acceptors (Lipinski definition) is 12. The quantitative estimate of drug-likeness (QED) is 0.116. The highest BCUT2D eigenvalue weighted by atomic mass is 35.5. The number of anilines is 5. The molecule has 2 saturated heterocycles. The lowest BCUT2D eigenvalue weighted by Gasteiger charge is -2.34. The maximum atomic E-state index is 15.7. The van der Waals surface area contributed by atoms with Gasteiger partial charge in [-0.05, 0) is 62.9 Å². The first-order chi connectivity index (χ1) is 26.3. The molecule has 1 aromatic heterocycles. The number of halogens is 2. The Balaban J connectivity index is 0.963. The average molecular weight is 789 g/mol. The van der Waals surface area contributed by atoms with Crippen LogP contribution in [-0.2, 0) is 20.7 Å². The Labute approximate surface area is 321 Å². The molecule has 0 spiro atoms. The van der Waals surface area contributed by atoms with E-state index >= 15 is 4.39 Å². The highest BCUT2D eigenvalue weighted by Crippen LogP contribution is 2.39. The van der Waals surface area contributed by atoms with Crippen LogP contribution in [0.25, 0.3) is 0 Å². The van der Waals surface area contributed by atoms with Crippen molar-refractivity contribution in [2.24, 2.45) is 0 Å². The maximum absolute atomic E-state index is 15.7. The molecule has 286 valence electrons. The predicted molar refractivity (Wildman–Crippen MR) is 207 cm³/mol. The van der Waals surface area contributed by atoms with Crippen molar-refractivity contribution < 1.29 is 32.9 Å². The van der Waals surface area contributed by atoms with Crippen molar-refractivity contribution in [2.75, 3.05) is 49.1 Å². The maximum Gasteiger partial charge on any atom is 0.265 e. The molecule has 2 fully saturated rings. The van der Waals surface area contributed by atoms with Gasteiger partial charge in [-0.1, -0.05) is 29.8 Å². The van der Waals surface area contributed by atoms with Crippen molar-refractivity contribution in [3.05, 3.63) is 88.3 Å². The topological polar surface area (TPSA) is 175 Å². The fourth-order valence-electron chi connectivity index (χ4n) is 7.08. The highest BCUT2D eigenvalue weighted by Gasteiger charge is 2.46. The van der Waals surface area contributed by atoms with Gasteiger partial charge < -0.3 is 30.2 Å². The van der Waals surface area contributed by atoms with Crippen LogP contribution in [0.1, 0.15) is 52.0 Å². The van der Waals surface area contributed by atoms with E-state index in [-0.39, 0.29) is 48.1 Å². The Bertz CT molecular complexity index is 2260. The zero-order valence-electron chi connectivity index (χ0n) is 30.3. The molecule has 4 N–H and O–H groups in total. The summed E-state index contributed by atoms with van der Waals surface area (Å²) in [6.45, 7) is 4.98. The second-order valence-electron chi connectivity index (χ2n) is 13.9. The summed E-state index contributed by atoms with van der Waals surface area (Å²) in [5.41, 5.74) is 2.04. The van der Waals surface area contributed by atoms with Crippen LogP contribution in [0.4, 0.5) is 33.2 Å². The van der Waals surface area contributed by atoms with Crippen LogP contribution in [0.5, 0.6) is 5.75 Å². The summed E-state index contributed by atoms with van der Waals surface area (Å²) in [5.74, 6) is -2.42. The van der Waals surface area contributed by atoms with Gasteiger partial charge in [0.05, 0.1) is 35.8 Å². The molecule has 17 heteroatoms. The second-order valence-corrected chi connectivity index (χ2v) is 17.5. The summed E-state index contributed by atoms with van der Waals surface area (Å²) in [6.07, 6.45) is 2.99. The zero-order valence-corrected chi connectivity index (χ0v) is 32.0. The van der Waals surface area contributed by atoms with Gasteiger partial charge in [0, 0.05) is 54.7 Å². The molecule has 3 aliphatic rings. The van der Waals surface area contributed by atoms with E-state index in [0.717, 1.165) is 23.4 Å². The van der Waals surface area contributed by atoms with E-state index in [0.29, 0.717) is 46.4 Å². The molecule has 4 heterocycles. The average Bonchev–Trinajstić information content (AvgIpc) is 3.41. The van der Waals surface area contributed by atoms with Crippen molar-refractivity contribution >= 4 is 76.5 Å². The second kappa shape index (κ2) is 15.4. The molecule has 4 aromatic rings. The lowest BCUT2D eigenvalue weighted by atomic mass is 10.0.